The monoisotopic (exact) mass is 367 g/mol. The second kappa shape index (κ2) is 7.42. The Balaban J connectivity index is 1.43. The zero-order valence-electron chi connectivity index (χ0n) is 14.5. The van der Waals surface area contributed by atoms with Crippen LogP contribution in [0.4, 0.5) is 10.5 Å². The van der Waals surface area contributed by atoms with Crippen molar-refractivity contribution >= 4 is 34.2 Å². The van der Waals surface area contributed by atoms with Gasteiger partial charge in [0, 0.05) is 33.3 Å². The molecule has 4 rings (SSSR count). The first kappa shape index (κ1) is 17.0. The van der Waals surface area contributed by atoms with Crippen molar-refractivity contribution in [1.82, 2.24) is 10.3 Å². The average Bonchev–Trinajstić information content (AvgIpc) is 3.06. The average molecular weight is 368 g/mol. The number of carbonyl (C=O) groups is 1. The molecule has 1 aliphatic rings. The molecule has 1 saturated carbocycles. The SMILES string of the molecule is O=C(Nc1ccc(-c2cc3cc(Cl)ccc3[nH]2)cc1)NC1CCCCC1. The third-order valence-electron chi connectivity index (χ3n) is 4.98. The summed E-state index contributed by atoms with van der Waals surface area (Å²) in [4.78, 5) is 15.5. The summed E-state index contributed by atoms with van der Waals surface area (Å²) in [5.74, 6) is 0. The Morgan fingerprint density at radius 2 is 1.77 bits per heavy atom. The first-order chi connectivity index (χ1) is 12.7. The fourth-order valence-electron chi connectivity index (χ4n) is 3.59. The van der Waals surface area contributed by atoms with Gasteiger partial charge in [-0.3, -0.25) is 0 Å². The Morgan fingerprint density at radius 1 is 1.00 bits per heavy atom. The topological polar surface area (TPSA) is 56.9 Å². The Labute approximate surface area is 157 Å². The lowest BCUT2D eigenvalue weighted by atomic mass is 9.96. The smallest absolute Gasteiger partial charge is 0.319 e. The molecule has 3 aromatic rings. The van der Waals surface area contributed by atoms with Crippen LogP contribution < -0.4 is 10.6 Å². The number of aromatic nitrogens is 1. The van der Waals surface area contributed by atoms with E-state index >= 15 is 0 Å². The zero-order valence-corrected chi connectivity index (χ0v) is 15.3. The molecule has 4 nitrogen and oxygen atoms in total. The number of rotatable bonds is 3. The van der Waals surface area contributed by atoms with E-state index in [1.54, 1.807) is 0 Å². The predicted molar refractivity (Wildman–Crippen MR) is 108 cm³/mol. The molecule has 5 heteroatoms. The Bertz CT molecular complexity index is 911. The number of anilines is 1. The van der Waals surface area contributed by atoms with Crippen LogP contribution in [0, 0.1) is 0 Å². The van der Waals surface area contributed by atoms with Gasteiger partial charge in [-0.25, -0.2) is 4.79 Å². The largest absolute Gasteiger partial charge is 0.355 e. The van der Waals surface area contributed by atoms with Crippen LogP contribution in [0.25, 0.3) is 22.2 Å². The number of amides is 2. The highest BCUT2D eigenvalue weighted by molar-refractivity contribution is 6.31. The van der Waals surface area contributed by atoms with E-state index in [1.807, 2.05) is 42.5 Å². The summed E-state index contributed by atoms with van der Waals surface area (Å²) in [6.45, 7) is 0. The number of halogens is 1. The molecule has 134 valence electrons. The highest BCUT2D eigenvalue weighted by Gasteiger charge is 2.15. The molecule has 2 amide bonds. The number of H-pyrrole nitrogens is 1. The van der Waals surface area contributed by atoms with E-state index in [4.69, 9.17) is 11.6 Å². The number of hydrogen-bond acceptors (Lipinski definition) is 1. The molecule has 1 fully saturated rings. The van der Waals surface area contributed by atoms with E-state index in [0.717, 1.165) is 45.7 Å². The maximum absolute atomic E-state index is 12.1. The summed E-state index contributed by atoms with van der Waals surface area (Å²) in [6, 6.07) is 15.9. The third-order valence-corrected chi connectivity index (χ3v) is 5.21. The van der Waals surface area contributed by atoms with E-state index in [0.29, 0.717) is 6.04 Å². The van der Waals surface area contributed by atoms with Crippen LogP contribution in [0.3, 0.4) is 0 Å². The van der Waals surface area contributed by atoms with E-state index < -0.39 is 0 Å². The van der Waals surface area contributed by atoms with E-state index in [-0.39, 0.29) is 6.03 Å². The normalized spacial score (nSPS) is 15.1. The number of fused-ring (bicyclic) bond motifs is 1. The molecule has 1 aliphatic carbocycles. The molecule has 0 saturated heterocycles. The highest BCUT2D eigenvalue weighted by atomic mass is 35.5. The Morgan fingerprint density at radius 3 is 2.54 bits per heavy atom. The minimum absolute atomic E-state index is 0.120. The zero-order chi connectivity index (χ0) is 17.9. The Hall–Kier alpha value is -2.46. The number of urea groups is 1. The Kier molecular flexibility index (Phi) is 4.85. The molecule has 1 aromatic heterocycles. The molecular formula is C21H22ClN3O. The number of carbonyl (C=O) groups excluding carboxylic acids is 1. The van der Waals surface area contributed by atoms with Crippen LogP contribution in [0.1, 0.15) is 32.1 Å². The van der Waals surface area contributed by atoms with Gasteiger partial charge in [0.15, 0.2) is 0 Å². The van der Waals surface area contributed by atoms with E-state index in [9.17, 15) is 4.79 Å². The summed E-state index contributed by atoms with van der Waals surface area (Å²) in [7, 11) is 0. The molecule has 26 heavy (non-hydrogen) atoms. The van der Waals surface area contributed by atoms with Crippen molar-refractivity contribution in [3.05, 3.63) is 53.6 Å². The van der Waals surface area contributed by atoms with E-state index in [1.165, 1.54) is 19.3 Å². The second-order valence-corrected chi connectivity index (χ2v) is 7.36. The molecule has 0 radical (unpaired) electrons. The molecular weight excluding hydrogens is 346 g/mol. The van der Waals surface area contributed by atoms with Crippen molar-refractivity contribution in [2.45, 2.75) is 38.1 Å². The molecule has 0 bridgehead atoms. The van der Waals surface area contributed by atoms with Crippen molar-refractivity contribution in [3.63, 3.8) is 0 Å². The fourth-order valence-corrected chi connectivity index (χ4v) is 3.77. The fraction of sp³-hybridized carbons (Fsp3) is 0.286. The minimum atomic E-state index is -0.120. The van der Waals surface area contributed by atoms with Crippen molar-refractivity contribution in [3.8, 4) is 11.3 Å². The first-order valence-electron chi connectivity index (χ1n) is 9.14. The van der Waals surface area contributed by atoms with Crippen LogP contribution in [0.2, 0.25) is 5.02 Å². The summed E-state index contributed by atoms with van der Waals surface area (Å²) in [6.07, 6.45) is 5.85. The summed E-state index contributed by atoms with van der Waals surface area (Å²) >= 11 is 6.05. The minimum Gasteiger partial charge on any atom is -0.355 e. The van der Waals surface area contributed by atoms with Gasteiger partial charge in [-0.15, -0.1) is 0 Å². The predicted octanol–water partition coefficient (Wildman–Crippen LogP) is 5.94. The van der Waals surface area contributed by atoms with E-state index in [2.05, 4.69) is 21.7 Å². The van der Waals surface area contributed by atoms with Gasteiger partial charge < -0.3 is 15.6 Å². The van der Waals surface area contributed by atoms with Gasteiger partial charge in [-0.1, -0.05) is 43.0 Å². The lowest BCUT2D eigenvalue weighted by Gasteiger charge is -2.22. The maximum Gasteiger partial charge on any atom is 0.319 e. The first-order valence-corrected chi connectivity index (χ1v) is 9.51. The molecule has 0 atom stereocenters. The molecule has 0 unspecified atom stereocenters. The quantitative estimate of drug-likeness (QED) is 0.527. The third kappa shape index (κ3) is 3.86. The van der Waals surface area contributed by atoms with Gasteiger partial charge >= 0.3 is 6.03 Å². The van der Waals surface area contributed by atoms with Gasteiger partial charge in [0.1, 0.15) is 0 Å². The lowest BCUT2D eigenvalue weighted by Crippen LogP contribution is -2.38. The maximum atomic E-state index is 12.1. The van der Waals surface area contributed by atoms with Gasteiger partial charge in [0.2, 0.25) is 0 Å². The molecule has 0 spiro atoms. The van der Waals surface area contributed by atoms with Crippen molar-refractivity contribution in [2.75, 3.05) is 5.32 Å². The van der Waals surface area contributed by atoms with Crippen molar-refractivity contribution in [2.24, 2.45) is 0 Å². The van der Waals surface area contributed by atoms with Crippen LogP contribution in [0.5, 0.6) is 0 Å². The molecule has 2 aromatic carbocycles. The molecule has 1 heterocycles. The van der Waals surface area contributed by atoms with Gasteiger partial charge in [0.05, 0.1) is 0 Å². The van der Waals surface area contributed by atoms with Crippen LogP contribution in [0.15, 0.2) is 48.5 Å². The van der Waals surface area contributed by atoms with Crippen LogP contribution in [-0.4, -0.2) is 17.1 Å². The number of nitrogens with one attached hydrogen (secondary N) is 3. The van der Waals surface area contributed by atoms with Crippen LogP contribution in [-0.2, 0) is 0 Å². The van der Waals surface area contributed by atoms with Gasteiger partial charge in [-0.05, 0) is 54.8 Å². The number of aromatic amines is 1. The van der Waals surface area contributed by atoms with Gasteiger partial charge in [0.25, 0.3) is 0 Å². The number of benzene rings is 2. The lowest BCUT2D eigenvalue weighted by molar-refractivity contribution is 0.244. The van der Waals surface area contributed by atoms with Gasteiger partial charge in [-0.2, -0.15) is 0 Å². The highest BCUT2D eigenvalue weighted by Crippen LogP contribution is 2.27. The summed E-state index contributed by atoms with van der Waals surface area (Å²) in [5, 5.41) is 7.81. The summed E-state index contributed by atoms with van der Waals surface area (Å²) in [5.41, 5.74) is 3.94. The molecule has 3 N–H and O–H groups in total. The van der Waals surface area contributed by atoms with Crippen LogP contribution >= 0.6 is 11.6 Å². The number of hydrogen-bond donors (Lipinski definition) is 3. The summed E-state index contributed by atoms with van der Waals surface area (Å²) < 4.78 is 0. The molecule has 0 aliphatic heterocycles. The van der Waals surface area contributed by atoms with Crippen molar-refractivity contribution < 1.29 is 4.79 Å². The standard InChI is InChI=1S/C21H22ClN3O/c22-16-8-11-19-15(12-16)13-20(25-19)14-6-9-18(10-7-14)24-21(26)23-17-4-2-1-3-5-17/h6-13,17,25H,1-5H2,(H2,23,24,26). The second-order valence-electron chi connectivity index (χ2n) is 6.93. The van der Waals surface area contributed by atoms with Crippen molar-refractivity contribution in [1.29, 1.82) is 0 Å².